The summed E-state index contributed by atoms with van der Waals surface area (Å²) >= 11 is 0. The van der Waals surface area contributed by atoms with Crippen molar-refractivity contribution >= 4 is 16.7 Å². The molecule has 3 heteroatoms. The Kier molecular flexibility index (Phi) is 3.50. The second-order valence-corrected chi connectivity index (χ2v) is 4.73. The van der Waals surface area contributed by atoms with Crippen LogP contribution in [0.1, 0.15) is 16.1 Å². The first-order valence-electron chi connectivity index (χ1n) is 6.73. The molecule has 1 heterocycles. The van der Waals surface area contributed by atoms with Gasteiger partial charge in [-0.05, 0) is 34.9 Å². The van der Waals surface area contributed by atoms with Crippen molar-refractivity contribution in [1.82, 2.24) is 10.3 Å². The molecule has 3 nitrogen and oxygen atoms in total. The lowest BCUT2D eigenvalue weighted by Gasteiger charge is -2.07. The smallest absolute Gasteiger partial charge is 0.267 e. The van der Waals surface area contributed by atoms with Crippen LogP contribution in [0.3, 0.4) is 0 Å². The Hall–Kier alpha value is -2.55. The number of benzene rings is 2. The summed E-state index contributed by atoms with van der Waals surface area (Å²) in [7, 11) is 0. The van der Waals surface area contributed by atoms with E-state index in [1.54, 1.807) is 12.3 Å². The molecule has 0 spiro atoms. The second-order valence-electron chi connectivity index (χ2n) is 4.73. The third-order valence-electron chi connectivity index (χ3n) is 3.40. The van der Waals surface area contributed by atoms with Crippen molar-refractivity contribution in [3.05, 3.63) is 72.1 Å². The summed E-state index contributed by atoms with van der Waals surface area (Å²) in [6.07, 6.45) is 2.58. The number of fused-ring (bicyclic) bond motifs is 1. The fraction of sp³-hybridized carbons (Fsp3) is 0.118. The molecule has 3 rings (SSSR count). The summed E-state index contributed by atoms with van der Waals surface area (Å²) in [6, 6.07) is 18.2. The first kappa shape index (κ1) is 12.5. The molecular weight excluding hydrogens is 248 g/mol. The van der Waals surface area contributed by atoms with Gasteiger partial charge in [0.05, 0.1) is 0 Å². The van der Waals surface area contributed by atoms with Crippen LogP contribution in [-0.2, 0) is 6.42 Å². The zero-order valence-corrected chi connectivity index (χ0v) is 11.1. The van der Waals surface area contributed by atoms with Crippen LogP contribution in [0.2, 0.25) is 0 Å². The molecule has 3 aromatic rings. The van der Waals surface area contributed by atoms with E-state index in [-0.39, 0.29) is 5.91 Å². The van der Waals surface area contributed by atoms with Crippen molar-refractivity contribution in [1.29, 1.82) is 0 Å². The fourth-order valence-electron chi connectivity index (χ4n) is 2.39. The van der Waals surface area contributed by atoms with E-state index < -0.39 is 0 Å². The van der Waals surface area contributed by atoms with E-state index in [0.29, 0.717) is 12.2 Å². The quantitative estimate of drug-likeness (QED) is 0.747. The van der Waals surface area contributed by atoms with Gasteiger partial charge in [0.25, 0.3) is 5.91 Å². The fourth-order valence-corrected chi connectivity index (χ4v) is 2.39. The van der Waals surface area contributed by atoms with Gasteiger partial charge in [-0.1, -0.05) is 42.5 Å². The highest BCUT2D eigenvalue weighted by atomic mass is 16.1. The number of H-pyrrole nitrogens is 1. The van der Waals surface area contributed by atoms with Crippen molar-refractivity contribution in [2.75, 3.05) is 6.54 Å². The number of amides is 1. The number of aromatic nitrogens is 1. The van der Waals surface area contributed by atoms with E-state index in [1.165, 1.54) is 16.3 Å². The number of hydrogen-bond acceptors (Lipinski definition) is 1. The molecule has 0 radical (unpaired) electrons. The number of rotatable bonds is 4. The van der Waals surface area contributed by atoms with Crippen LogP contribution in [0.25, 0.3) is 10.8 Å². The van der Waals surface area contributed by atoms with Gasteiger partial charge in [-0.15, -0.1) is 0 Å². The van der Waals surface area contributed by atoms with Gasteiger partial charge in [0.1, 0.15) is 5.69 Å². The van der Waals surface area contributed by atoms with E-state index >= 15 is 0 Å². The maximum Gasteiger partial charge on any atom is 0.267 e. The Labute approximate surface area is 117 Å². The average molecular weight is 264 g/mol. The van der Waals surface area contributed by atoms with Gasteiger partial charge in [-0.25, -0.2) is 0 Å². The molecule has 100 valence electrons. The highest BCUT2D eigenvalue weighted by molar-refractivity contribution is 5.92. The molecular formula is C17H16N2O. The van der Waals surface area contributed by atoms with Crippen LogP contribution < -0.4 is 5.32 Å². The Bertz CT molecular complexity index is 711. The number of aromatic amines is 1. The van der Waals surface area contributed by atoms with Gasteiger partial charge in [0.15, 0.2) is 0 Å². The normalized spacial score (nSPS) is 10.6. The molecule has 0 aliphatic carbocycles. The van der Waals surface area contributed by atoms with Gasteiger partial charge < -0.3 is 10.3 Å². The van der Waals surface area contributed by atoms with Gasteiger partial charge in [0, 0.05) is 12.7 Å². The van der Waals surface area contributed by atoms with E-state index in [4.69, 9.17) is 0 Å². The summed E-state index contributed by atoms with van der Waals surface area (Å²) in [5, 5.41) is 5.42. The van der Waals surface area contributed by atoms with E-state index in [2.05, 4.69) is 40.6 Å². The minimum Gasteiger partial charge on any atom is -0.357 e. The molecule has 0 aliphatic heterocycles. The van der Waals surface area contributed by atoms with Crippen molar-refractivity contribution in [3.8, 4) is 0 Å². The first-order chi connectivity index (χ1) is 9.84. The molecule has 2 aromatic carbocycles. The SMILES string of the molecule is O=C(NCCc1cccc2ccccc12)c1ccc[nH]1. The van der Waals surface area contributed by atoms with Gasteiger partial charge in [-0.2, -0.15) is 0 Å². The average Bonchev–Trinajstić information content (AvgIpc) is 3.02. The zero-order valence-electron chi connectivity index (χ0n) is 11.1. The summed E-state index contributed by atoms with van der Waals surface area (Å²) in [4.78, 5) is 14.7. The second kappa shape index (κ2) is 5.61. The van der Waals surface area contributed by atoms with Gasteiger partial charge >= 0.3 is 0 Å². The molecule has 20 heavy (non-hydrogen) atoms. The maximum absolute atomic E-state index is 11.8. The Morgan fingerprint density at radius 1 is 1.00 bits per heavy atom. The summed E-state index contributed by atoms with van der Waals surface area (Å²) < 4.78 is 0. The topological polar surface area (TPSA) is 44.9 Å². The van der Waals surface area contributed by atoms with Crippen molar-refractivity contribution in [3.63, 3.8) is 0 Å². The molecule has 0 saturated carbocycles. The van der Waals surface area contributed by atoms with E-state index in [9.17, 15) is 4.79 Å². The predicted octanol–water partition coefficient (Wildman–Crippen LogP) is 3.14. The minimum atomic E-state index is -0.0600. The molecule has 0 unspecified atom stereocenters. The summed E-state index contributed by atoms with van der Waals surface area (Å²) in [6.45, 7) is 0.631. The van der Waals surface area contributed by atoms with E-state index in [1.807, 2.05) is 18.2 Å². The van der Waals surface area contributed by atoms with Crippen LogP contribution in [0, 0.1) is 0 Å². The molecule has 1 aromatic heterocycles. The van der Waals surface area contributed by atoms with E-state index in [0.717, 1.165) is 6.42 Å². The lowest BCUT2D eigenvalue weighted by molar-refractivity contribution is 0.0950. The zero-order chi connectivity index (χ0) is 13.8. The predicted molar refractivity (Wildman–Crippen MR) is 80.8 cm³/mol. The molecule has 0 saturated heterocycles. The molecule has 0 atom stereocenters. The highest BCUT2D eigenvalue weighted by Gasteiger charge is 2.05. The molecule has 0 fully saturated rings. The van der Waals surface area contributed by atoms with Crippen molar-refractivity contribution < 1.29 is 4.79 Å². The number of hydrogen-bond donors (Lipinski definition) is 2. The summed E-state index contributed by atoms with van der Waals surface area (Å²) in [5.74, 6) is -0.0600. The third-order valence-corrected chi connectivity index (χ3v) is 3.40. The lowest BCUT2D eigenvalue weighted by atomic mass is 10.0. The van der Waals surface area contributed by atoms with Gasteiger partial charge in [-0.3, -0.25) is 4.79 Å². The highest BCUT2D eigenvalue weighted by Crippen LogP contribution is 2.18. The monoisotopic (exact) mass is 264 g/mol. The Morgan fingerprint density at radius 2 is 1.85 bits per heavy atom. The van der Waals surface area contributed by atoms with Crippen LogP contribution in [0.15, 0.2) is 60.8 Å². The number of carbonyl (C=O) groups is 1. The largest absolute Gasteiger partial charge is 0.357 e. The van der Waals surface area contributed by atoms with Crippen LogP contribution in [-0.4, -0.2) is 17.4 Å². The van der Waals surface area contributed by atoms with Crippen LogP contribution in [0.5, 0.6) is 0 Å². The number of nitrogens with one attached hydrogen (secondary N) is 2. The Balaban J connectivity index is 1.67. The summed E-state index contributed by atoms with van der Waals surface area (Å²) in [5.41, 5.74) is 1.86. The standard InChI is InChI=1S/C17H16N2O/c20-17(16-9-4-11-18-16)19-12-10-14-7-3-6-13-5-1-2-8-15(13)14/h1-9,11,18H,10,12H2,(H,19,20). The van der Waals surface area contributed by atoms with Crippen LogP contribution >= 0.6 is 0 Å². The van der Waals surface area contributed by atoms with Crippen molar-refractivity contribution in [2.45, 2.75) is 6.42 Å². The van der Waals surface area contributed by atoms with Crippen molar-refractivity contribution in [2.24, 2.45) is 0 Å². The third kappa shape index (κ3) is 2.57. The minimum absolute atomic E-state index is 0.0600. The first-order valence-corrected chi connectivity index (χ1v) is 6.73. The number of carbonyl (C=O) groups excluding carboxylic acids is 1. The van der Waals surface area contributed by atoms with Crippen LogP contribution in [0.4, 0.5) is 0 Å². The molecule has 0 aliphatic rings. The molecule has 0 bridgehead atoms. The van der Waals surface area contributed by atoms with Gasteiger partial charge in [0.2, 0.25) is 0 Å². The Morgan fingerprint density at radius 3 is 2.70 bits per heavy atom. The molecule has 2 N–H and O–H groups in total. The molecule has 1 amide bonds. The lowest BCUT2D eigenvalue weighted by Crippen LogP contribution is -2.25. The maximum atomic E-state index is 11.8.